The Hall–Kier alpha value is -3.36. The van der Waals surface area contributed by atoms with E-state index >= 15 is 0 Å². The third kappa shape index (κ3) is 4.38. The zero-order valence-corrected chi connectivity index (χ0v) is 20.7. The van der Waals surface area contributed by atoms with E-state index in [1.54, 1.807) is 28.0 Å². The van der Waals surface area contributed by atoms with Crippen LogP contribution in [0.15, 0.2) is 81.2 Å². The predicted octanol–water partition coefficient (Wildman–Crippen LogP) is 6.53. The molecule has 3 heterocycles. The van der Waals surface area contributed by atoms with Crippen molar-refractivity contribution in [1.29, 1.82) is 0 Å². The normalized spacial score (nSPS) is 16.1. The number of benzene rings is 2. The molecule has 34 heavy (non-hydrogen) atoms. The standard InChI is InChI=1S/C26H24N4O2S2/c1-16-6-10-19(11-7-16)23-22(25-28-24(29-32-25)21-5-4-14-34-21)17(2)30(26(31)27-23)15-18-8-12-20(33-3)13-9-18/h4-14,23H,15H2,1-3H3,(H,27,31). The van der Waals surface area contributed by atoms with Gasteiger partial charge in [0, 0.05) is 10.6 Å². The quantitative estimate of drug-likeness (QED) is 0.313. The molecule has 172 valence electrons. The summed E-state index contributed by atoms with van der Waals surface area (Å²) in [5.41, 5.74) is 4.77. The molecular weight excluding hydrogens is 464 g/mol. The van der Waals surface area contributed by atoms with Crippen molar-refractivity contribution in [1.82, 2.24) is 20.4 Å². The SMILES string of the molecule is CSc1ccc(CN2C(=O)NC(c3ccc(C)cc3)C(c3nc(-c4cccs4)no3)=C2C)cc1. The molecule has 6 nitrogen and oxygen atoms in total. The van der Waals surface area contributed by atoms with E-state index in [0.29, 0.717) is 18.3 Å². The van der Waals surface area contributed by atoms with Crippen LogP contribution in [0.5, 0.6) is 0 Å². The number of thiophene rings is 1. The molecule has 8 heteroatoms. The highest BCUT2D eigenvalue weighted by atomic mass is 32.2. The van der Waals surface area contributed by atoms with E-state index in [1.807, 2.05) is 61.9 Å². The molecule has 2 aromatic heterocycles. The summed E-state index contributed by atoms with van der Waals surface area (Å²) in [4.78, 5) is 21.8. The second-order valence-electron chi connectivity index (χ2n) is 8.13. The van der Waals surface area contributed by atoms with E-state index in [4.69, 9.17) is 9.51 Å². The minimum Gasteiger partial charge on any atom is -0.334 e. The summed E-state index contributed by atoms with van der Waals surface area (Å²) < 4.78 is 5.74. The third-order valence-corrected chi connectivity index (χ3v) is 7.51. The van der Waals surface area contributed by atoms with E-state index in [1.165, 1.54) is 4.90 Å². The van der Waals surface area contributed by atoms with Crippen LogP contribution in [0.3, 0.4) is 0 Å². The fourth-order valence-corrected chi connectivity index (χ4v) is 5.07. The molecule has 1 aliphatic rings. The number of amides is 2. The summed E-state index contributed by atoms with van der Waals surface area (Å²) >= 11 is 3.25. The molecule has 5 rings (SSSR count). The maximum absolute atomic E-state index is 13.3. The van der Waals surface area contributed by atoms with Crippen LogP contribution in [0.2, 0.25) is 0 Å². The van der Waals surface area contributed by atoms with Gasteiger partial charge in [-0.3, -0.25) is 4.90 Å². The van der Waals surface area contributed by atoms with Gasteiger partial charge in [-0.2, -0.15) is 4.98 Å². The lowest BCUT2D eigenvalue weighted by Crippen LogP contribution is -2.45. The van der Waals surface area contributed by atoms with Crippen molar-refractivity contribution in [2.24, 2.45) is 0 Å². The van der Waals surface area contributed by atoms with E-state index in [2.05, 4.69) is 34.7 Å². The average Bonchev–Trinajstić information content (AvgIpc) is 3.55. The molecule has 1 atom stereocenters. The van der Waals surface area contributed by atoms with Crippen molar-refractivity contribution >= 4 is 34.7 Å². The van der Waals surface area contributed by atoms with Crippen molar-refractivity contribution in [3.8, 4) is 10.7 Å². The Morgan fingerprint density at radius 3 is 2.53 bits per heavy atom. The first-order valence-corrected chi connectivity index (χ1v) is 13.0. The van der Waals surface area contributed by atoms with Crippen molar-refractivity contribution in [2.45, 2.75) is 31.3 Å². The first-order chi connectivity index (χ1) is 16.5. The summed E-state index contributed by atoms with van der Waals surface area (Å²) in [5.74, 6) is 0.957. The van der Waals surface area contributed by atoms with Gasteiger partial charge in [-0.1, -0.05) is 53.2 Å². The molecule has 0 fully saturated rings. The summed E-state index contributed by atoms with van der Waals surface area (Å²) in [7, 11) is 0. The summed E-state index contributed by atoms with van der Waals surface area (Å²) in [5, 5.41) is 9.36. The van der Waals surface area contributed by atoms with Gasteiger partial charge in [0.1, 0.15) is 0 Å². The lowest BCUT2D eigenvalue weighted by atomic mass is 9.94. The van der Waals surface area contributed by atoms with Crippen LogP contribution in [0.4, 0.5) is 4.79 Å². The Labute approximate surface area is 206 Å². The van der Waals surface area contributed by atoms with Crippen LogP contribution in [0, 0.1) is 6.92 Å². The highest BCUT2D eigenvalue weighted by Crippen LogP contribution is 2.38. The maximum atomic E-state index is 13.3. The number of allylic oxidation sites excluding steroid dienone is 1. The van der Waals surface area contributed by atoms with Crippen LogP contribution in [0.25, 0.3) is 16.3 Å². The Balaban J connectivity index is 1.57. The molecule has 1 unspecified atom stereocenters. The Kier molecular flexibility index (Phi) is 6.26. The lowest BCUT2D eigenvalue weighted by Gasteiger charge is -2.35. The van der Waals surface area contributed by atoms with Crippen molar-refractivity contribution in [2.75, 3.05) is 6.26 Å². The number of aryl methyl sites for hydroxylation is 1. The van der Waals surface area contributed by atoms with Crippen LogP contribution in [0.1, 0.15) is 35.5 Å². The number of carbonyl (C=O) groups excluding carboxylic acids is 1. The number of hydrogen-bond acceptors (Lipinski definition) is 6. The van der Waals surface area contributed by atoms with Gasteiger partial charge in [0.15, 0.2) is 0 Å². The zero-order valence-electron chi connectivity index (χ0n) is 19.1. The zero-order chi connectivity index (χ0) is 23.7. The summed E-state index contributed by atoms with van der Waals surface area (Å²) in [6.45, 7) is 4.43. The number of aromatic nitrogens is 2. The number of nitrogens with one attached hydrogen (secondary N) is 1. The van der Waals surface area contributed by atoms with Gasteiger partial charge in [-0.25, -0.2) is 4.79 Å². The van der Waals surface area contributed by atoms with Gasteiger partial charge >= 0.3 is 6.03 Å². The van der Waals surface area contributed by atoms with Crippen molar-refractivity contribution in [3.05, 3.63) is 94.3 Å². The average molecular weight is 489 g/mol. The van der Waals surface area contributed by atoms with Crippen LogP contribution < -0.4 is 5.32 Å². The van der Waals surface area contributed by atoms with Gasteiger partial charge in [0.2, 0.25) is 5.82 Å². The Bertz CT molecular complexity index is 1330. The molecule has 0 aliphatic carbocycles. The lowest BCUT2D eigenvalue weighted by molar-refractivity contribution is 0.203. The topological polar surface area (TPSA) is 71.3 Å². The fourth-order valence-electron chi connectivity index (χ4n) is 4.01. The third-order valence-electron chi connectivity index (χ3n) is 5.90. The minimum atomic E-state index is -0.389. The summed E-state index contributed by atoms with van der Waals surface area (Å²) in [6, 6.07) is 19.8. The molecule has 1 aliphatic heterocycles. The summed E-state index contributed by atoms with van der Waals surface area (Å²) in [6.07, 6.45) is 2.05. The first kappa shape index (κ1) is 22.4. The smallest absolute Gasteiger partial charge is 0.322 e. The van der Waals surface area contributed by atoms with Gasteiger partial charge in [-0.15, -0.1) is 23.1 Å². The predicted molar refractivity (Wildman–Crippen MR) is 136 cm³/mol. The molecule has 0 bridgehead atoms. The molecule has 0 radical (unpaired) electrons. The highest BCUT2D eigenvalue weighted by Gasteiger charge is 2.35. The van der Waals surface area contributed by atoms with Crippen LogP contribution in [-0.4, -0.2) is 27.3 Å². The van der Waals surface area contributed by atoms with E-state index < -0.39 is 0 Å². The number of carbonyl (C=O) groups is 1. The number of rotatable bonds is 6. The van der Waals surface area contributed by atoms with Crippen LogP contribution in [-0.2, 0) is 6.54 Å². The van der Waals surface area contributed by atoms with E-state index in [0.717, 1.165) is 32.8 Å². The van der Waals surface area contributed by atoms with Crippen molar-refractivity contribution < 1.29 is 9.32 Å². The van der Waals surface area contributed by atoms with Crippen LogP contribution >= 0.6 is 23.1 Å². The molecule has 0 spiro atoms. The molecule has 1 N–H and O–H groups in total. The Morgan fingerprint density at radius 1 is 1.09 bits per heavy atom. The molecule has 2 aromatic carbocycles. The largest absolute Gasteiger partial charge is 0.334 e. The maximum Gasteiger partial charge on any atom is 0.322 e. The number of nitrogens with zero attached hydrogens (tertiary/aromatic N) is 3. The number of thioether (sulfide) groups is 1. The minimum absolute atomic E-state index is 0.154. The monoisotopic (exact) mass is 488 g/mol. The van der Waals surface area contributed by atoms with E-state index in [9.17, 15) is 4.79 Å². The molecular formula is C26H24N4O2S2. The van der Waals surface area contributed by atoms with E-state index in [-0.39, 0.29) is 12.1 Å². The molecule has 4 aromatic rings. The second kappa shape index (κ2) is 9.48. The van der Waals surface area contributed by atoms with Gasteiger partial charge in [0.05, 0.1) is 23.0 Å². The van der Waals surface area contributed by atoms with Crippen molar-refractivity contribution in [3.63, 3.8) is 0 Å². The first-order valence-electron chi connectivity index (χ1n) is 10.9. The number of urea groups is 1. The Morgan fingerprint density at radius 2 is 1.85 bits per heavy atom. The molecule has 0 saturated heterocycles. The molecule has 0 saturated carbocycles. The van der Waals surface area contributed by atoms with Gasteiger partial charge < -0.3 is 9.84 Å². The second-order valence-corrected chi connectivity index (χ2v) is 9.95. The van der Waals surface area contributed by atoms with Gasteiger partial charge in [0.25, 0.3) is 5.89 Å². The number of hydrogen-bond donors (Lipinski definition) is 1. The highest BCUT2D eigenvalue weighted by molar-refractivity contribution is 7.98. The molecule has 2 amide bonds. The fraction of sp³-hybridized carbons (Fsp3) is 0.192. The van der Waals surface area contributed by atoms with Gasteiger partial charge in [-0.05, 0) is 54.8 Å².